The number of benzene rings is 1. The maximum atomic E-state index is 11.1. The maximum absolute atomic E-state index is 11.1. The van der Waals surface area contributed by atoms with E-state index in [2.05, 4.69) is 0 Å². The molecule has 5 nitrogen and oxygen atoms in total. The summed E-state index contributed by atoms with van der Waals surface area (Å²) in [5.74, 6) is -0.291. The highest BCUT2D eigenvalue weighted by molar-refractivity contribution is 5.85. The number of ether oxygens (including phenoxy) is 1. The molecule has 1 aromatic carbocycles. The molecule has 2 rings (SSSR count). The lowest BCUT2D eigenvalue weighted by atomic mass is 10.2. The van der Waals surface area contributed by atoms with E-state index in [9.17, 15) is 4.79 Å². The molecular weight excluding hydrogens is 244 g/mol. The average Bonchev–Trinajstić information content (AvgIpc) is 2.75. The third-order valence-electron chi connectivity index (χ3n) is 3.18. The van der Waals surface area contributed by atoms with E-state index in [1.54, 1.807) is 7.11 Å². The Morgan fingerprint density at radius 1 is 1.37 bits per heavy atom. The maximum Gasteiger partial charge on any atom is 0.326 e. The Morgan fingerprint density at radius 3 is 2.58 bits per heavy atom. The SMILES string of the molecule is COc1ccc2c(c1)cc(C(N)C(=O)O)n2C(C)C. The summed E-state index contributed by atoms with van der Waals surface area (Å²) in [4.78, 5) is 11.1. The lowest BCUT2D eigenvalue weighted by molar-refractivity contribution is -0.138. The Labute approximate surface area is 111 Å². The number of methoxy groups -OCH3 is 1. The number of fused-ring (bicyclic) bond motifs is 1. The second kappa shape index (κ2) is 4.93. The lowest BCUT2D eigenvalue weighted by Crippen LogP contribution is -2.24. The van der Waals surface area contributed by atoms with Gasteiger partial charge in [-0.25, -0.2) is 0 Å². The van der Waals surface area contributed by atoms with Crippen LogP contribution in [0.4, 0.5) is 0 Å². The van der Waals surface area contributed by atoms with Gasteiger partial charge in [0.1, 0.15) is 11.8 Å². The van der Waals surface area contributed by atoms with Crippen LogP contribution in [0, 0.1) is 0 Å². The number of aromatic nitrogens is 1. The average molecular weight is 262 g/mol. The van der Waals surface area contributed by atoms with E-state index in [-0.39, 0.29) is 6.04 Å². The summed E-state index contributed by atoms with van der Waals surface area (Å²) in [6, 6.07) is 6.58. The smallest absolute Gasteiger partial charge is 0.326 e. The van der Waals surface area contributed by atoms with Gasteiger partial charge in [-0.1, -0.05) is 0 Å². The van der Waals surface area contributed by atoms with Crippen LogP contribution in [0.1, 0.15) is 31.6 Å². The van der Waals surface area contributed by atoms with Gasteiger partial charge in [-0.3, -0.25) is 4.79 Å². The summed E-state index contributed by atoms with van der Waals surface area (Å²) in [5, 5.41) is 10.0. The standard InChI is InChI=1S/C14H18N2O3/c1-8(2)16-11-5-4-10(19-3)6-9(11)7-12(16)13(15)14(17)18/h4-8,13H,15H2,1-3H3,(H,17,18). The molecular formula is C14H18N2O3. The van der Waals surface area contributed by atoms with Crippen molar-refractivity contribution in [2.75, 3.05) is 7.11 Å². The minimum atomic E-state index is -1.03. The Bertz CT molecular complexity index is 616. The van der Waals surface area contributed by atoms with Crippen LogP contribution in [0.3, 0.4) is 0 Å². The monoisotopic (exact) mass is 262 g/mol. The number of rotatable bonds is 4. The van der Waals surface area contributed by atoms with Gasteiger partial charge in [-0.05, 0) is 38.1 Å². The number of nitrogens with two attached hydrogens (primary N) is 1. The van der Waals surface area contributed by atoms with Crippen molar-refractivity contribution < 1.29 is 14.6 Å². The summed E-state index contributed by atoms with van der Waals surface area (Å²) in [6.45, 7) is 4.00. The normalized spacial score (nSPS) is 12.9. The van der Waals surface area contributed by atoms with Crippen molar-refractivity contribution in [1.29, 1.82) is 0 Å². The molecule has 3 N–H and O–H groups in total. The van der Waals surface area contributed by atoms with Gasteiger partial charge >= 0.3 is 5.97 Å². The number of aliphatic carboxylic acids is 1. The van der Waals surface area contributed by atoms with Gasteiger partial charge in [0.05, 0.1) is 7.11 Å². The van der Waals surface area contributed by atoms with Crippen molar-refractivity contribution >= 4 is 16.9 Å². The molecule has 102 valence electrons. The second-order valence-corrected chi connectivity index (χ2v) is 4.77. The number of carboxylic acid groups (broad SMARTS) is 1. The number of nitrogens with zero attached hydrogens (tertiary/aromatic N) is 1. The highest BCUT2D eigenvalue weighted by Gasteiger charge is 2.22. The van der Waals surface area contributed by atoms with E-state index in [0.29, 0.717) is 5.69 Å². The molecule has 0 saturated heterocycles. The molecule has 0 aliphatic heterocycles. The molecule has 1 atom stereocenters. The number of carboxylic acids is 1. The molecule has 0 saturated carbocycles. The van der Waals surface area contributed by atoms with E-state index in [1.165, 1.54) is 0 Å². The Hall–Kier alpha value is -2.01. The van der Waals surface area contributed by atoms with Gasteiger partial charge in [-0.2, -0.15) is 0 Å². The summed E-state index contributed by atoms with van der Waals surface area (Å²) >= 11 is 0. The molecule has 1 heterocycles. The fraction of sp³-hybridized carbons (Fsp3) is 0.357. The van der Waals surface area contributed by atoms with Crippen molar-refractivity contribution in [2.45, 2.75) is 25.9 Å². The van der Waals surface area contributed by atoms with Gasteiger partial charge in [0.25, 0.3) is 0 Å². The third kappa shape index (κ3) is 2.29. The van der Waals surface area contributed by atoms with Crippen LogP contribution >= 0.6 is 0 Å². The topological polar surface area (TPSA) is 77.5 Å². The van der Waals surface area contributed by atoms with E-state index in [1.807, 2.05) is 42.7 Å². The van der Waals surface area contributed by atoms with Crippen LogP contribution in [-0.4, -0.2) is 22.8 Å². The fourth-order valence-electron chi connectivity index (χ4n) is 2.30. The van der Waals surface area contributed by atoms with Crippen LogP contribution in [-0.2, 0) is 4.79 Å². The van der Waals surface area contributed by atoms with Crippen LogP contribution < -0.4 is 10.5 Å². The quantitative estimate of drug-likeness (QED) is 0.886. The zero-order chi connectivity index (χ0) is 14.2. The molecule has 0 radical (unpaired) electrons. The van der Waals surface area contributed by atoms with Gasteiger partial charge in [0, 0.05) is 22.6 Å². The molecule has 0 aliphatic carbocycles. The first-order chi connectivity index (χ1) is 8.95. The van der Waals surface area contributed by atoms with Gasteiger partial charge in [-0.15, -0.1) is 0 Å². The minimum Gasteiger partial charge on any atom is -0.497 e. The number of hydrogen-bond donors (Lipinski definition) is 2. The first kappa shape index (κ1) is 13.4. The largest absolute Gasteiger partial charge is 0.497 e. The summed E-state index contributed by atoms with van der Waals surface area (Å²) in [7, 11) is 1.60. The first-order valence-corrected chi connectivity index (χ1v) is 6.13. The lowest BCUT2D eigenvalue weighted by Gasteiger charge is -2.17. The first-order valence-electron chi connectivity index (χ1n) is 6.13. The zero-order valence-corrected chi connectivity index (χ0v) is 11.3. The fourth-order valence-corrected chi connectivity index (χ4v) is 2.30. The van der Waals surface area contributed by atoms with Crippen LogP contribution in [0.2, 0.25) is 0 Å². The molecule has 0 amide bonds. The predicted octanol–water partition coefficient (Wildman–Crippen LogP) is 2.32. The number of carbonyl (C=O) groups is 1. The molecule has 5 heteroatoms. The van der Waals surface area contributed by atoms with Crippen molar-refractivity contribution in [3.63, 3.8) is 0 Å². The molecule has 1 unspecified atom stereocenters. The highest BCUT2D eigenvalue weighted by Crippen LogP contribution is 2.30. The van der Waals surface area contributed by atoms with Gasteiger partial charge < -0.3 is 20.1 Å². The molecule has 19 heavy (non-hydrogen) atoms. The third-order valence-corrected chi connectivity index (χ3v) is 3.18. The van der Waals surface area contributed by atoms with Crippen LogP contribution in [0.15, 0.2) is 24.3 Å². The number of hydrogen-bond acceptors (Lipinski definition) is 3. The molecule has 0 fully saturated rings. The van der Waals surface area contributed by atoms with E-state index >= 15 is 0 Å². The molecule has 0 spiro atoms. The van der Waals surface area contributed by atoms with Gasteiger partial charge in [0.2, 0.25) is 0 Å². The van der Waals surface area contributed by atoms with E-state index in [4.69, 9.17) is 15.6 Å². The van der Waals surface area contributed by atoms with Crippen LogP contribution in [0.5, 0.6) is 5.75 Å². The predicted molar refractivity (Wildman–Crippen MR) is 73.4 cm³/mol. The molecule has 2 aromatic rings. The Balaban J connectivity index is 2.69. The van der Waals surface area contributed by atoms with Crippen LogP contribution in [0.25, 0.3) is 10.9 Å². The minimum absolute atomic E-state index is 0.131. The molecule has 0 aliphatic rings. The second-order valence-electron chi connectivity index (χ2n) is 4.77. The van der Waals surface area contributed by atoms with Gasteiger partial charge in [0.15, 0.2) is 0 Å². The van der Waals surface area contributed by atoms with Crippen molar-refractivity contribution in [2.24, 2.45) is 5.73 Å². The highest BCUT2D eigenvalue weighted by atomic mass is 16.5. The zero-order valence-electron chi connectivity index (χ0n) is 11.3. The summed E-state index contributed by atoms with van der Waals surface area (Å²) in [6.07, 6.45) is 0. The summed E-state index contributed by atoms with van der Waals surface area (Å²) in [5.41, 5.74) is 7.32. The Morgan fingerprint density at radius 2 is 2.05 bits per heavy atom. The Kier molecular flexibility index (Phi) is 3.48. The van der Waals surface area contributed by atoms with Crippen molar-refractivity contribution in [1.82, 2.24) is 4.57 Å². The van der Waals surface area contributed by atoms with E-state index in [0.717, 1.165) is 16.7 Å². The molecule has 0 bridgehead atoms. The molecule has 1 aromatic heterocycles. The van der Waals surface area contributed by atoms with Crippen molar-refractivity contribution in [3.8, 4) is 5.75 Å². The summed E-state index contributed by atoms with van der Waals surface area (Å²) < 4.78 is 7.13. The van der Waals surface area contributed by atoms with E-state index < -0.39 is 12.0 Å². The van der Waals surface area contributed by atoms with Crippen molar-refractivity contribution in [3.05, 3.63) is 30.0 Å².